The molecule has 2 N–H and O–H groups in total. The van der Waals surface area contributed by atoms with E-state index in [4.69, 9.17) is 4.98 Å². The van der Waals surface area contributed by atoms with E-state index in [1.54, 1.807) is 11.3 Å². The third-order valence-electron chi connectivity index (χ3n) is 5.85. The first-order valence-electron chi connectivity index (χ1n) is 10.5. The average molecular weight is 423 g/mol. The number of fused-ring (bicyclic) bond motifs is 4. The van der Waals surface area contributed by atoms with Gasteiger partial charge < -0.3 is 9.97 Å². The second-order valence-electron chi connectivity index (χ2n) is 8.42. The molecule has 0 fully saturated rings. The van der Waals surface area contributed by atoms with Gasteiger partial charge in [0.2, 0.25) is 0 Å². The Balaban J connectivity index is 1.44. The molecule has 0 aliphatic heterocycles. The van der Waals surface area contributed by atoms with E-state index in [1.807, 2.05) is 13.1 Å². The molecule has 0 bridgehead atoms. The number of imidazole rings is 2. The van der Waals surface area contributed by atoms with E-state index < -0.39 is 0 Å². The number of aromatic amines is 2. The van der Waals surface area contributed by atoms with Crippen molar-refractivity contribution in [3.8, 4) is 21.7 Å². The lowest BCUT2D eigenvalue weighted by Gasteiger charge is -2.05. The van der Waals surface area contributed by atoms with E-state index >= 15 is 0 Å². The molecule has 0 saturated carbocycles. The Morgan fingerprint density at radius 3 is 2.48 bits per heavy atom. The van der Waals surface area contributed by atoms with Crippen molar-refractivity contribution in [3.63, 3.8) is 0 Å². The molecule has 152 valence electrons. The van der Waals surface area contributed by atoms with Crippen molar-refractivity contribution in [1.82, 2.24) is 19.9 Å². The minimum atomic E-state index is 0.384. The van der Waals surface area contributed by atoms with E-state index in [9.17, 15) is 0 Å². The number of hydrogen-bond acceptors (Lipinski definition) is 3. The number of aromatic nitrogens is 4. The van der Waals surface area contributed by atoms with Crippen LogP contribution in [-0.4, -0.2) is 19.9 Å². The third kappa shape index (κ3) is 3.04. The smallest absolute Gasteiger partial charge is 0.109 e. The summed E-state index contributed by atoms with van der Waals surface area (Å²) in [5.74, 6) is 2.36. The predicted octanol–water partition coefficient (Wildman–Crippen LogP) is 7.42. The summed E-state index contributed by atoms with van der Waals surface area (Å²) >= 11 is 1.80. The zero-order valence-electron chi connectivity index (χ0n) is 17.7. The quantitative estimate of drug-likeness (QED) is 0.312. The summed E-state index contributed by atoms with van der Waals surface area (Å²) in [6.07, 6.45) is 1.91. The topological polar surface area (TPSA) is 57.4 Å². The Bertz CT molecular complexity index is 1580. The molecule has 0 unspecified atom stereocenters. The first-order chi connectivity index (χ1) is 15.0. The second kappa shape index (κ2) is 6.79. The van der Waals surface area contributed by atoms with Crippen LogP contribution < -0.4 is 0 Å². The van der Waals surface area contributed by atoms with Crippen LogP contribution in [0.25, 0.3) is 53.6 Å². The molecule has 0 saturated heterocycles. The van der Waals surface area contributed by atoms with Crippen LogP contribution in [0.3, 0.4) is 0 Å². The van der Waals surface area contributed by atoms with Gasteiger partial charge in [0.15, 0.2) is 0 Å². The van der Waals surface area contributed by atoms with Crippen molar-refractivity contribution in [2.24, 2.45) is 0 Å². The molecule has 0 spiro atoms. The van der Waals surface area contributed by atoms with E-state index in [1.165, 1.54) is 36.9 Å². The highest BCUT2D eigenvalue weighted by molar-refractivity contribution is 7.22. The average Bonchev–Trinajstić information content (AvgIpc) is 3.49. The van der Waals surface area contributed by atoms with Gasteiger partial charge in [-0.15, -0.1) is 11.3 Å². The molecular formula is C26H22N4S. The largest absolute Gasteiger partial charge is 0.342 e. The Kier molecular flexibility index (Phi) is 4.02. The van der Waals surface area contributed by atoms with Crippen molar-refractivity contribution in [2.75, 3.05) is 0 Å². The number of H-pyrrole nitrogens is 2. The lowest BCUT2D eigenvalue weighted by Crippen LogP contribution is -1.88. The number of benzene rings is 3. The lowest BCUT2D eigenvalue weighted by molar-refractivity contribution is 0.799. The highest BCUT2D eigenvalue weighted by atomic mass is 32.1. The molecule has 0 aliphatic carbocycles. The molecule has 3 aromatic heterocycles. The summed E-state index contributed by atoms with van der Waals surface area (Å²) in [6.45, 7) is 6.31. The molecule has 0 amide bonds. The molecule has 3 heterocycles. The molecule has 31 heavy (non-hydrogen) atoms. The predicted molar refractivity (Wildman–Crippen MR) is 131 cm³/mol. The van der Waals surface area contributed by atoms with Crippen LogP contribution in [0.5, 0.6) is 0 Å². The minimum absolute atomic E-state index is 0.384. The highest BCUT2D eigenvalue weighted by Gasteiger charge is 2.11. The van der Waals surface area contributed by atoms with E-state index in [0.29, 0.717) is 5.92 Å². The first kappa shape index (κ1) is 18.3. The summed E-state index contributed by atoms with van der Waals surface area (Å²) in [5, 5.41) is 3.67. The summed E-state index contributed by atoms with van der Waals surface area (Å²) in [5.41, 5.74) is 5.69. The van der Waals surface area contributed by atoms with Crippen LogP contribution in [0.15, 0.2) is 60.8 Å². The van der Waals surface area contributed by atoms with Crippen molar-refractivity contribution in [1.29, 1.82) is 0 Å². The molecule has 0 radical (unpaired) electrons. The zero-order chi connectivity index (χ0) is 21.1. The fraction of sp³-hybridized carbons (Fsp3) is 0.154. The maximum atomic E-state index is 4.86. The number of hydrogen-bond donors (Lipinski definition) is 2. The Labute approximate surface area is 184 Å². The normalized spacial score (nSPS) is 12.0. The molecule has 0 atom stereocenters. The van der Waals surface area contributed by atoms with Gasteiger partial charge in [0, 0.05) is 16.0 Å². The van der Waals surface area contributed by atoms with Crippen molar-refractivity contribution >= 4 is 43.2 Å². The van der Waals surface area contributed by atoms with Crippen LogP contribution >= 0.6 is 11.3 Å². The van der Waals surface area contributed by atoms with Crippen molar-refractivity contribution in [2.45, 2.75) is 26.7 Å². The van der Waals surface area contributed by atoms with Crippen molar-refractivity contribution < 1.29 is 0 Å². The van der Waals surface area contributed by atoms with Gasteiger partial charge in [0.25, 0.3) is 0 Å². The SMILES string of the molecule is Cc1ncc(-c2cc3ccc(-c4ccc5c(ccc6[nH]c(C(C)C)nc65)c4)cc3s2)[nH]1. The van der Waals surface area contributed by atoms with Crippen LogP contribution in [0, 0.1) is 6.92 Å². The molecule has 6 rings (SSSR count). The number of rotatable bonds is 3. The van der Waals surface area contributed by atoms with Crippen LogP contribution in [0.1, 0.15) is 31.4 Å². The number of nitrogens with one attached hydrogen (secondary N) is 2. The summed E-state index contributed by atoms with van der Waals surface area (Å²) < 4.78 is 1.28. The first-order valence-corrected chi connectivity index (χ1v) is 11.3. The van der Waals surface area contributed by atoms with E-state index in [0.717, 1.165) is 28.4 Å². The van der Waals surface area contributed by atoms with E-state index in [2.05, 4.69) is 83.4 Å². The van der Waals surface area contributed by atoms with Gasteiger partial charge in [-0.25, -0.2) is 9.97 Å². The van der Waals surface area contributed by atoms with Crippen LogP contribution in [0.2, 0.25) is 0 Å². The monoisotopic (exact) mass is 422 g/mol. The number of thiophene rings is 1. The molecule has 6 aromatic rings. The molecular weight excluding hydrogens is 400 g/mol. The number of aryl methyl sites for hydroxylation is 1. The lowest BCUT2D eigenvalue weighted by atomic mass is 10.00. The standard InChI is InChI=1S/C26H22N4S/c1-14(2)26-29-21-9-7-18-10-16(6-8-20(18)25(21)30-26)17-4-5-19-12-24(31-23(19)11-17)22-13-27-15(3)28-22/h4-14H,1-3H3,(H,27,28)(H,29,30). The molecule has 4 nitrogen and oxygen atoms in total. The van der Waals surface area contributed by atoms with Gasteiger partial charge in [0.1, 0.15) is 11.6 Å². The molecule has 3 aromatic carbocycles. The Hall–Kier alpha value is -3.44. The van der Waals surface area contributed by atoms with Gasteiger partial charge >= 0.3 is 0 Å². The molecule has 5 heteroatoms. The fourth-order valence-corrected chi connectivity index (χ4v) is 5.23. The maximum Gasteiger partial charge on any atom is 0.109 e. The summed E-state index contributed by atoms with van der Waals surface area (Å²) in [7, 11) is 0. The van der Waals surface area contributed by atoms with Crippen LogP contribution in [0.4, 0.5) is 0 Å². The minimum Gasteiger partial charge on any atom is -0.342 e. The van der Waals surface area contributed by atoms with Gasteiger partial charge in [-0.05, 0) is 53.1 Å². The Morgan fingerprint density at radius 1 is 0.871 bits per heavy atom. The second-order valence-corrected chi connectivity index (χ2v) is 9.50. The third-order valence-corrected chi connectivity index (χ3v) is 6.99. The Morgan fingerprint density at radius 2 is 1.68 bits per heavy atom. The molecule has 0 aliphatic rings. The van der Waals surface area contributed by atoms with Crippen LogP contribution in [-0.2, 0) is 0 Å². The van der Waals surface area contributed by atoms with Crippen molar-refractivity contribution in [3.05, 3.63) is 72.4 Å². The van der Waals surface area contributed by atoms with E-state index in [-0.39, 0.29) is 0 Å². The summed E-state index contributed by atoms with van der Waals surface area (Å²) in [4.78, 5) is 17.2. The van der Waals surface area contributed by atoms with Gasteiger partial charge in [0.05, 0.1) is 27.8 Å². The van der Waals surface area contributed by atoms with Gasteiger partial charge in [-0.1, -0.05) is 44.2 Å². The van der Waals surface area contributed by atoms with Gasteiger partial charge in [-0.2, -0.15) is 0 Å². The maximum absolute atomic E-state index is 4.86. The fourth-order valence-electron chi connectivity index (χ4n) is 4.16. The number of nitrogens with zero attached hydrogens (tertiary/aromatic N) is 2. The van der Waals surface area contributed by atoms with Gasteiger partial charge in [-0.3, -0.25) is 0 Å². The summed E-state index contributed by atoms with van der Waals surface area (Å²) in [6, 6.07) is 20.0. The highest BCUT2D eigenvalue weighted by Crippen LogP contribution is 2.36. The zero-order valence-corrected chi connectivity index (χ0v) is 18.5.